The quantitative estimate of drug-likeness (QED) is 0.773. The second-order valence-corrected chi connectivity index (χ2v) is 7.46. The first-order chi connectivity index (χ1) is 10.3. The van der Waals surface area contributed by atoms with Crippen LogP contribution < -0.4 is 10.2 Å². The first-order valence-corrected chi connectivity index (χ1v) is 9.34. The molecule has 3 heteroatoms. The van der Waals surface area contributed by atoms with E-state index in [1.165, 1.54) is 60.8 Å². The Bertz CT molecular complexity index is 474. The number of piperidine rings is 1. The fraction of sp³-hybridized carbons (Fsp3) is 0.667. The minimum atomic E-state index is 0.796. The zero-order valence-corrected chi connectivity index (χ0v) is 14.7. The van der Waals surface area contributed by atoms with Gasteiger partial charge in [0.25, 0.3) is 0 Å². The van der Waals surface area contributed by atoms with Gasteiger partial charge in [0.1, 0.15) is 0 Å². The molecule has 2 atom stereocenters. The van der Waals surface area contributed by atoms with Crippen molar-refractivity contribution in [1.82, 2.24) is 5.32 Å². The van der Waals surface area contributed by atoms with Crippen molar-refractivity contribution < 1.29 is 0 Å². The SMILES string of the molecule is CCCNCc1cc(Br)ccc1N1CCCC2CCCC21. The molecular formula is C18H27BrN2. The molecule has 1 N–H and O–H groups in total. The number of nitrogens with one attached hydrogen (secondary N) is 1. The fourth-order valence-corrected chi connectivity index (χ4v) is 4.54. The summed E-state index contributed by atoms with van der Waals surface area (Å²) < 4.78 is 1.19. The number of anilines is 1. The van der Waals surface area contributed by atoms with Gasteiger partial charge in [-0.05, 0) is 68.3 Å². The summed E-state index contributed by atoms with van der Waals surface area (Å²) in [6, 6.07) is 7.63. The standard InChI is InChI=1S/C18H27BrN2/c1-2-10-20-13-15-12-16(19)8-9-18(15)21-11-4-6-14-5-3-7-17(14)21/h8-9,12,14,17,20H,2-7,10-11,13H2,1H3. The molecule has 0 aromatic heterocycles. The summed E-state index contributed by atoms with van der Waals surface area (Å²) in [7, 11) is 0. The van der Waals surface area contributed by atoms with Gasteiger partial charge in [0.2, 0.25) is 0 Å². The zero-order valence-electron chi connectivity index (χ0n) is 13.1. The maximum atomic E-state index is 3.64. The minimum Gasteiger partial charge on any atom is -0.368 e. The van der Waals surface area contributed by atoms with E-state index in [0.29, 0.717) is 0 Å². The first-order valence-electron chi connectivity index (χ1n) is 8.55. The molecule has 21 heavy (non-hydrogen) atoms. The summed E-state index contributed by atoms with van der Waals surface area (Å²) in [6.07, 6.45) is 8.26. The van der Waals surface area contributed by atoms with E-state index >= 15 is 0 Å². The summed E-state index contributed by atoms with van der Waals surface area (Å²) in [5, 5.41) is 3.57. The second kappa shape index (κ2) is 7.15. The third-order valence-corrected chi connectivity index (χ3v) is 5.58. The molecule has 1 aliphatic heterocycles. The van der Waals surface area contributed by atoms with Gasteiger partial charge in [-0.2, -0.15) is 0 Å². The van der Waals surface area contributed by atoms with Crippen molar-refractivity contribution in [3.63, 3.8) is 0 Å². The molecule has 1 heterocycles. The molecule has 0 amide bonds. The highest BCUT2D eigenvalue weighted by Crippen LogP contribution is 2.40. The number of rotatable bonds is 5. The summed E-state index contributed by atoms with van der Waals surface area (Å²) in [6.45, 7) is 5.54. The molecule has 2 nitrogen and oxygen atoms in total. The van der Waals surface area contributed by atoms with E-state index < -0.39 is 0 Å². The van der Waals surface area contributed by atoms with Gasteiger partial charge in [-0.1, -0.05) is 29.3 Å². The normalized spacial score (nSPS) is 25.1. The highest BCUT2D eigenvalue weighted by molar-refractivity contribution is 9.10. The Morgan fingerprint density at radius 2 is 2.10 bits per heavy atom. The summed E-state index contributed by atoms with van der Waals surface area (Å²) >= 11 is 3.64. The van der Waals surface area contributed by atoms with Crippen LogP contribution in [0.2, 0.25) is 0 Å². The Labute approximate surface area is 137 Å². The van der Waals surface area contributed by atoms with Crippen molar-refractivity contribution >= 4 is 21.6 Å². The van der Waals surface area contributed by atoms with Crippen LogP contribution in [0.1, 0.15) is 51.0 Å². The Morgan fingerprint density at radius 3 is 2.95 bits per heavy atom. The van der Waals surface area contributed by atoms with Crippen LogP contribution in [-0.4, -0.2) is 19.1 Å². The van der Waals surface area contributed by atoms with Gasteiger partial charge in [-0.25, -0.2) is 0 Å². The lowest BCUT2D eigenvalue weighted by Gasteiger charge is -2.40. The van der Waals surface area contributed by atoms with Gasteiger partial charge in [0.05, 0.1) is 0 Å². The van der Waals surface area contributed by atoms with Crippen LogP contribution in [0.15, 0.2) is 22.7 Å². The lowest BCUT2D eigenvalue weighted by molar-refractivity contribution is 0.362. The first kappa shape index (κ1) is 15.4. The number of hydrogen-bond acceptors (Lipinski definition) is 2. The number of fused-ring (bicyclic) bond motifs is 1. The van der Waals surface area contributed by atoms with Crippen LogP contribution in [0, 0.1) is 5.92 Å². The molecule has 1 saturated carbocycles. The topological polar surface area (TPSA) is 15.3 Å². The third-order valence-electron chi connectivity index (χ3n) is 5.09. The average Bonchev–Trinajstić information content (AvgIpc) is 2.96. The Hall–Kier alpha value is -0.540. The van der Waals surface area contributed by atoms with E-state index in [1.54, 1.807) is 0 Å². The maximum absolute atomic E-state index is 3.64. The van der Waals surface area contributed by atoms with Gasteiger partial charge in [0.15, 0.2) is 0 Å². The maximum Gasteiger partial charge on any atom is 0.0415 e. The van der Waals surface area contributed by atoms with Crippen molar-refractivity contribution in [2.45, 2.75) is 58.0 Å². The van der Waals surface area contributed by atoms with Crippen molar-refractivity contribution in [2.75, 3.05) is 18.0 Å². The molecule has 116 valence electrons. The lowest BCUT2D eigenvalue weighted by atomic mass is 9.91. The van der Waals surface area contributed by atoms with Gasteiger partial charge in [-0.15, -0.1) is 0 Å². The molecule has 1 aliphatic carbocycles. The van der Waals surface area contributed by atoms with E-state index in [9.17, 15) is 0 Å². The molecular weight excluding hydrogens is 324 g/mol. The van der Waals surface area contributed by atoms with E-state index in [4.69, 9.17) is 0 Å². The summed E-state index contributed by atoms with van der Waals surface area (Å²) in [5.41, 5.74) is 2.92. The zero-order chi connectivity index (χ0) is 14.7. The molecule has 2 aliphatic rings. The molecule has 2 unspecified atom stereocenters. The Balaban J connectivity index is 1.82. The molecule has 2 fully saturated rings. The fourth-order valence-electron chi connectivity index (χ4n) is 4.13. The Morgan fingerprint density at radius 1 is 1.24 bits per heavy atom. The van der Waals surface area contributed by atoms with Gasteiger partial charge < -0.3 is 10.2 Å². The number of halogens is 1. The molecule has 1 aromatic rings. The van der Waals surface area contributed by atoms with Gasteiger partial charge >= 0.3 is 0 Å². The lowest BCUT2D eigenvalue weighted by Crippen LogP contribution is -2.43. The van der Waals surface area contributed by atoms with Gasteiger partial charge in [0, 0.05) is 29.3 Å². The smallest absolute Gasteiger partial charge is 0.0415 e. The van der Waals surface area contributed by atoms with Crippen molar-refractivity contribution in [1.29, 1.82) is 0 Å². The molecule has 3 rings (SSSR count). The largest absolute Gasteiger partial charge is 0.368 e. The highest BCUT2D eigenvalue weighted by Gasteiger charge is 2.35. The molecule has 0 bridgehead atoms. The number of nitrogens with zero attached hydrogens (tertiary/aromatic N) is 1. The Kier molecular flexibility index (Phi) is 5.23. The summed E-state index contributed by atoms with van der Waals surface area (Å²) in [4.78, 5) is 2.72. The number of benzene rings is 1. The van der Waals surface area contributed by atoms with E-state index in [-0.39, 0.29) is 0 Å². The van der Waals surface area contributed by atoms with Crippen LogP contribution in [-0.2, 0) is 6.54 Å². The van der Waals surface area contributed by atoms with Crippen LogP contribution in [0.3, 0.4) is 0 Å². The monoisotopic (exact) mass is 350 g/mol. The van der Waals surface area contributed by atoms with E-state index in [1.807, 2.05) is 0 Å². The van der Waals surface area contributed by atoms with Crippen LogP contribution in [0.4, 0.5) is 5.69 Å². The molecule has 1 saturated heterocycles. The second-order valence-electron chi connectivity index (χ2n) is 6.54. The van der Waals surface area contributed by atoms with E-state index in [0.717, 1.165) is 25.0 Å². The molecule has 0 spiro atoms. The molecule has 1 aromatic carbocycles. The predicted molar refractivity (Wildman–Crippen MR) is 93.8 cm³/mol. The van der Waals surface area contributed by atoms with Crippen LogP contribution >= 0.6 is 15.9 Å². The van der Waals surface area contributed by atoms with Crippen LogP contribution in [0.25, 0.3) is 0 Å². The predicted octanol–water partition coefficient (Wildman–Crippen LogP) is 4.72. The molecule has 0 radical (unpaired) electrons. The third kappa shape index (κ3) is 3.45. The van der Waals surface area contributed by atoms with Crippen molar-refractivity contribution in [3.8, 4) is 0 Å². The minimum absolute atomic E-state index is 0.796. The van der Waals surface area contributed by atoms with Crippen molar-refractivity contribution in [3.05, 3.63) is 28.2 Å². The average molecular weight is 351 g/mol. The number of hydrogen-bond donors (Lipinski definition) is 1. The highest BCUT2D eigenvalue weighted by atomic mass is 79.9. The van der Waals surface area contributed by atoms with Crippen molar-refractivity contribution in [2.24, 2.45) is 5.92 Å². The van der Waals surface area contributed by atoms with E-state index in [2.05, 4.69) is 51.3 Å². The van der Waals surface area contributed by atoms with Gasteiger partial charge in [-0.3, -0.25) is 0 Å². The summed E-state index contributed by atoms with van der Waals surface area (Å²) in [5.74, 6) is 0.943. The van der Waals surface area contributed by atoms with Crippen LogP contribution in [0.5, 0.6) is 0 Å².